The lowest BCUT2D eigenvalue weighted by Gasteiger charge is -2.07. The van der Waals surface area contributed by atoms with Crippen LogP contribution in [0, 0.1) is 10.1 Å². The predicted molar refractivity (Wildman–Crippen MR) is 71.1 cm³/mol. The third-order valence-corrected chi connectivity index (χ3v) is 2.76. The first-order valence-electron chi connectivity index (χ1n) is 5.84. The summed E-state index contributed by atoms with van der Waals surface area (Å²) < 4.78 is 4.77. The number of benzene rings is 1. The number of carbonyl (C=O) groups is 1. The van der Waals surface area contributed by atoms with E-state index in [0.29, 0.717) is 23.7 Å². The zero-order chi connectivity index (χ0) is 14.3. The summed E-state index contributed by atoms with van der Waals surface area (Å²) in [5, 5.41) is 14.1. The van der Waals surface area contributed by atoms with E-state index >= 15 is 0 Å². The molecule has 0 heterocycles. The van der Waals surface area contributed by atoms with Crippen LogP contribution in [0.4, 0.5) is 5.69 Å². The second kappa shape index (κ2) is 7.70. The van der Waals surface area contributed by atoms with E-state index < -0.39 is 4.92 Å². The van der Waals surface area contributed by atoms with E-state index in [4.69, 9.17) is 16.3 Å². The van der Waals surface area contributed by atoms with Crippen molar-refractivity contribution in [2.45, 2.75) is 19.9 Å². The van der Waals surface area contributed by atoms with Crippen molar-refractivity contribution in [3.63, 3.8) is 0 Å². The van der Waals surface area contributed by atoms with Gasteiger partial charge >= 0.3 is 5.97 Å². The third-order valence-electron chi connectivity index (χ3n) is 2.40. The summed E-state index contributed by atoms with van der Waals surface area (Å²) in [5.41, 5.74) is 0.383. The van der Waals surface area contributed by atoms with E-state index in [-0.39, 0.29) is 24.6 Å². The molecule has 0 saturated heterocycles. The number of halogens is 1. The number of esters is 1. The maximum absolute atomic E-state index is 11.1. The lowest BCUT2D eigenvalue weighted by Crippen LogP contribution is -2.19. The Bertz CT molecular complexity index is 465. The number of hydrogen-bond acceptors (Lipinski definition) is 5. The van der Waals surface area contributed by atoms with Crippen LogP contribution in [0.15, 0.2) is 18.2 Å². The first-order valence-corrected chi connectivity index (χ1v) is 6.22. The van der Waals surface area contributed by atoms with E-state index in [1.54, 1.807) is 13.0 Å². The normalized spacial score (nSPS) is 10.2. The van der Waals surface area contributed by atoms with Crippen molar-refractivity contribution < 1.29 is 14.5 Å². The molecule has 0 aliphatic carbocycles. The van der Waals surface area contributed by atoms with E-state index in [0.717, 1.165) is 0 Å². The average Bonchev–Trinajstić information content (AvgIpc) is 2.36. The van der Waals surface area contributed by atoms with E-state index in [1.807, 2.05) is 0 Å². The number of rotatable bonds is 7. The molecule has 104 valence electrons. The Hall–Kier alpha value is -1.66. The minimum Gasteiger partial charge on any atom is -0.466 e. The van der Waals surface area contributed by atoms with Crippen LogP contribution >= 0.6 is 11.6 Å². The van der Waals surface area contributed by atoms with Crippen molar-refractivity contribution >= 4 is 23.3 Å². The van der Waals surface area contributed by atoms with Crippen molar-refractivity contribution in [1.82, 2.24) is 5.32 Å². The van der Waals surface area contributed by atoms with Crippen molar-refractivity contribution in [1.29, 1.82) is 0 Å². The number of nitro benzene ring substituents is 1. The topological polar surface area (TPSA) is 81.5 Å². The van der Waals surface area contributed by atoms with E-state index in [1.165, 1.54) is 12.1 Å². The molecule has 0 amide bonds. The summed E-state index contributed by atoms with van der Waals surface area (Å²) in [5.74, 6) is -0.302. The van der Waals surface area contributed by atoms with Gasteiger partial charge in [-0.05, 0) is 13.0 Å². The number of hydrogen-bond donors (Lipinski definition) is 1. The molecule has 0 spiro atoms. The van der Waals surface area contributed by atoms with Crippen LogP contribution in [0.5, 0.6) is 0 Å². The van der Waals surface area contributed by atoms with Gasteiger partial charge in [0.05, 0.1) is 28.5 Å². The Morgan fingerprint density at radius 3 is 2.89 bits per heavy atom. The summed E-state index contributed by atoms with van der Waals surface area (Å²) in [6, 6.07) is 4.52. The number of ether oxygens (including phenoxy) is 1. The maximum atomic E-state index is 11.1. The van der Waals surface area contributed by atoms with Crippen molar-refractivity contribution in [2.75, 3.05) is 13.2 Å². The highest BCUT2D eigenvalue weighted by molar-refractivity contribution is 6.31. The van der Waals surface area contributed by atoms with Crippen molar-refractivity contribution in [3.8, 4) is 0 Å². The summed E-state index contributed by atoms with van der Waals surface area (Å²) in [6.07, 6.45) is 0.214. The molecule has 0 unspecified atom stereocenters. The number of nitrogens with one attached hydrogen (secondary N) is 1. The zero-order valence-electron chi connectivity index (χ0n) is 10.5. The molecule has 0 saturated carbocycles. The molecule has 19 heavy (non-hydrogen) atoms. The highest BCUT2D eigenvalue weighted by Gasteiger charge is 2.15. The third kappa shape index (κ3) is 4.84. The number of nitro groups is 1. The number of nitrogens with zero attached hydrogens (tertiary/aromatic N) is 1. The Balaban J connectivity index is 2.54. The quantitative estimate of drug-likeness (QED) is 0.360. The van der Waals surface area contributed by atoms with Gasteiger partial charge in [0.2, 0.25) is 0 Å². The lowest BCUT2D eigenvalue weighted by molar-refractivity contribution is -0.385. The molecule has 0 aliphatic heterocycles. The van der Waals surface area contributed by atoms with Crippen LogP contribution in [0.3, 0.4) is 0 Å². The van der Waals surface area contributed by atoms with Crippen LogP contribution in [0.1, 0.15) is 18.9 Å². The van der Waals surface area contributed by atoms with Crippen LogP contribution in [0.2, 0.25) is 5.02 Å². The molecule has 1 N–H and O–H groups in total. The van der Waals surface area contributed by atoms with Gasteiger partial charge in [-0.2, -0.15) is 0 Å². The fraction of sp³-hybridized carbons (Fsp3) is 0.417. The minimum atomic E-state index is -0.478. The first kappa shape index (κ1) is 15.4. The van der Waals surface area contributed by atoms with E-state index in [9.17, 15) is 14.9 Å². The molecule has 6 nitrogen and oxygen atoms in total. The van der Waals surface area contributed by atoms with Crippen molar-refractivity contribution in [3.05, 3.63) is 38.9 Å². The molecule has 0 radical (unpaired) electrons. The Morgan fingerprint density at radius 2 is 2.26 bits per heavy atom. The fourth-order valence-electron chi connectivity index (χ4n) is 1.53. The monoisotopic (exact) mass is 286 g/mol. The average molecular weight is 287 g/mol. The minimum absolute atomic E-state index is 0.0314. The van der Waals surface area contributed by atoms with E-state index in [2.05, 4.69) is 5.32 Å². The van der Waals surface area contributed by atoms with Gasteiger partial charge in [0, 0.05) is 19.2 Å². The number of carbonyl (C=O) groups excluding carboxylic acids is 1. The standard InChI is InChI=1S/C12H15ClN2O4/c1-2-19-12(16)6-7-14-8-9-10(13)4-3-5-11(9)15(17)18/h3-5,14H,2,6-8H2,1H3. The molecule has 0 bridgehead atoms. The van der Waals surface area contributed by atoms with Gasteiger partial charge in [-0.25, -0.2) is 0 Å². The van der Waals surface area contributed by atoms with Crippen LogP contribution < -0.4 is 5.32 Å². The van der Waals surface area contributed by atoms with Gasteiger partial charge in [-0.3, -0.25) is 14.9 Å². The highest BCUT2D eigenvalue weighted by atomic mass is 35.5. The molecule has 1 rings (SSSR count). The van der Waals surface area contributed by atoms with Gasteiger partial charge in [0.15, 0.2) is 0 Å². The smallest absolute Gasteiger partial charge is 0.307 e. The molecule has 7 heteroatoms. The van der Waals surface area contributed by atoms with Gasteiger partial charge in [0.1, 0.15) is 0 Å². The Labute approximate surface area is 115 Å². The highest BCUT2D eigenvalue weighted by Crippen LogP contribution is 2.25. The first-order chi connectivity index (χ1) is 9.06. The van der Waals surface area contributed by atoms with Crippen molar-refractivity contribution in [2.24, 2.45) is 0 Å². The summed E-state index contributed by atoms with van der Waals surface area (Å²) in [4.78, 5) is 21.5. The van der Waals surface area contributed by atoms with Crippen LogP contribution in [-0.2, 0) is 16.1 Å². The van der Waals surface area contributed by atoms with Gasteiger partial charge in [-0.1, -0.05) is 17.7 Å². The molecule has 0 atom stereocenters. The summed E-state index contributed by atoms with van der Waals surface area (Å²) >= 11 is 5.93. The molecule has 1 aromatic carbocycles. The Kier molecular flexibility index (Phi) is 6.24. The van der Waals surface area contributed by atoms with Gasteiger partial charge in [0.25, 0.3) is 5.69 Å². The van der Waals surface area contributed by atoms with Gasteiger partial charge < -0.3 is 10.1 Å². The molecular weight excluding hydrogens is 272 g/mol. The second-order valence-corrected chi connectivity index (χ2v) is 4.13. The molecule has 1 aromatic rings. The molecular formula is C12H15ClN2O4. The van der Waals surface area contributed by atoms with Crippen LogP contribution in [0.25, 0.3) is 0 Å². The predicted octanol–water partition coefficient (Wildman–Crippen LogP) is 2.29. The molecule has 0 fully saturated rings. The summed E-state index contributed by atoms with van der Waals surface area (Å²) in [7, 11) is 0. The maximum Gasteiger partial charge on any atom is 0.307 e. The lowest BCUT2D eigenvalue weighted by atomic mass is 10.2. The van der Waals surface area contributed by atoms with Crippen LogP contribution in [-0.4, -0.2) is 24.0 Å². The second-order valence-electron chi connectivity index (χ2n) is 3.73. The fourth-order valence-corrected chi connectivity index (χ4v) is 1.77. The molecule has 0 aromatic heterocycles. The largest absolute Gasteiger partial charge is 0.466 e. The zero-order valence-corrected chi connectivity index (χ0v) is 11.3. The van der Waals surface area contributed by atoms with Gasteiger partial charge in [-0.15, -0.1) is 0 Å². The molecule has 0 aliphatic rings. The SMILES string of the molecule is CCOC(=O)CCNCc1c(Cl)cccc1[N+](=O)[O-]. The summed E-state index contributed by atoms with van der Waals surface area (Å²) in [6.45, 7) is 2.68. The Morgan fingerprint density at radius 1 is 1.53 bits per heavy atom.